The van der Waals surface area contributed by atoms with Crippen molar-refractivity contribution in [3.8, 4) is 0 Å². The van der Waals surface area contributed by atoms with Gasteiger partial charge in [0.05, 0.1) is 11.4 Å². The van der Waals surface area contributed by atoms with E-state index in [1.165, 1.54) is 11.1 Å². The van der Waals surface area contributed by atoms with Crippen molar-refractivity contribution in [3.63, 3.8) is 0 Å². The first kappa shape index (κ1) is 13.5. The average molecular weight is 254 g/mol. The summed E-state index contributed by atoms with van der Waals surface area (Å²) < 4.78 is 0. The molecule has 0 amide bonds. The predicted molar refractivity (Wildman–Crippen MR) is 83.5 cm³/mol. The van der Waals surface area contributed by atoms with E-state index in [0.717, 1.165) is 29.9 Å². The van der Waals surface area contributed by atoms with E-state index in [-0.39, 0.29) is 0 Å². The molecule has 0 aromatic heterocycles. The molecule has 0 aliphatic carbocycles. The Bertz CT molecular complexity index is 544. The standard InChI is InChI=1S/C17H22N2/c1-4-14-8-10-15(11-9-14)12-19(3)16-7-5-6-13(2)17(16)18/h5-11H,4,12,18H2,1-3H3. The summed E-state index contributed by atoms with van der Waals surface area (Å²) in [5.41, 5.74) is 11.9. The molecule has 2 nitrogen and oxygen atoms in total. The lowest BCUT2D eigenvalue weighted by Crippen LogP contribution is -2.18. The van der Waals surface area contributed by atoms with Crippen LogP contribution in [0.3, 0.4) is 0 Å². The maximum atomic E-state index is 6.14. The Hall–Kier alpha value is -1.96. The maximum Gasteiger partial charge on any atom is 0.0603 e. The van der Waals surface area contributed by atoms with E-state index in [0.29, 0.717) is 0 Å². The number of benzene rings is 2. The molecular formula is C17H22N2. The van der Waals surface area contributed by atoms with Gasteiger partial charge in [0.15, 0.2) is 0 Å². The van der Waals surface area contributed by atoms with Crippen LogP contribution in [0.2, 0.25) is 0 Å². The van der Waals surface area contributed by atoms with Gasteiger partial charge >= 0.3 is 0 Å². The zero-order valence-corrected chi connectivity index (χ0v) is 12.0. The van der Waals surface area contributed by atoms with Gasteiger partial charge in [-0.3, -0.25) is 0 Å². The summed E-state index contributed by atoms with van der Waals surface area (Å²) in [5, 5.41) is 0. The van der Waals surface area contributed by atoms with Crippen LogP contribution in [0.15, 0.2) is 42.5 Å². The molecule has 0 fully saturated rings. The second-order valence-corrected chi connectivity index (χ2v) is 5.03. The maximum absolute atomic E-state index is 6.14. The normalized spacial score (nSPS) is 10.5. The summed E-state index contributed by atoms with van der Waals surface area (Å²) in [6.07, 6.45) is 1.08. The topological polar surface area (TPSA) is 29.3 Å². The van der Waals surface area contributed by atoms with Gasteiger partial charge in [0.1, 0.15) is 0 Å². The molecule has 0 spiro atoms. The quantitative estimate of drug-likeness (QED) is 0.841. The zero-order chi connectivity index (χ0) is 13.8. The summed E-state index contributed by atoms with van der Waals surface area (Å²) in [4.78, 5) is 2.20. The van der Waals surface area contributed by atoms with Crippen molar-refractivity contribution in [2.45, 2.75) is 26.8 Å². The average Bonchev–Trinajstić information content (AvgIpc) is 2.42. The highest BCUT2D eigenvalue weighted by Gasteiger charge is 2.07. The highest BCUT2D eigenvalue weighted by Crippen LogP contribution is 2.26. The molecule has 0 aliphatic rings. The number of nitrogens with two attached hydrogens (primary N) is 1. The molecule has 19 heavy (non-hydrogen) atoms. The molecule has 0 heterocycles. The number of aryl methyl sites for hydroxylation is 2. The third-order valence-corrected chi connectivity index (χ3v) is 3.56. The second kappa shape index (κ2) is 5.79. The van der Waals surface area contributed by atoms with Crippen LogP contribution >= 0.6 is 0 Å². The zero-order valence-electron chi connectivity index (χ0n) is 12.0. The van der Waals surface area contributed by atoms with Crippen LogP contribution in [0.5, 0.6) is 0 Å². The number of nitrogen functional groups attached to an aromatic ring is 1. The van der Waals surface area contributed by atoms with Crippen molar-refractivity contribution < 1.29 is 0 Å². The van der Waals surface area contributed by atoms with Gasteiger partial charge < -0.3 is 10.6 Å². The minimum atomic E-state index is 0.871. The van der Waals surface area contributed by atoms with E-state index in [9.17, 15) is 0 Å². The Balaban J connectivity index is 2.15. The first-order valence-electron chi connectivity index (χ1n) is 6.76. The summed E-state index contributed by atoms with van der Waals surface area (Å²) >= 11 is 0. The Kier molecular flexibility index (Phi) is 4.10. The molecule has 0 saturated carbocycles. The third kappa shape index (κ3) is 3.08. The molecular weight excluding hydrogens is 232 g/mol. The molecule has 0 unspecified atom stereocenters. The number of hydrogen-bond acceptors (Lipinski definition) is 2. The second-order valence-electron chi connectivity index (χ2n) is 5.03. The number of rotatable bonds is 4. The van der Waals surface area contributed by atoms with Crippen molar-refractivity contribution in [1.29, 1.82) is 0 Å². The van der Waals surface area contributed by atoms with E-state index in [1.807, 2.05) is 13.0 Å². The molecule has 0 saturated heterocycles. The number of hydrogen-bond donors (Lipinski definition) is 1. The van der Waals surface area contributed by atoms with Gasteiger partial charge in [-0.15, -0.1) is 0 Å². The van der Waals surface area contributed by atoms with Crippen molar-refractivity contribution in [1.82, 2.24) is 0 Å². The summed E-state index contributed by atoms with van der Waals surface area (Å²) in [6.45, 7) is 5.09. The van der Waals surface area contributed by atoms with Crippen molar-refractivity contribution in [2.75, 3.05) is 17.7 Å². The molecule has 0 radical (unpaired) electrons. The monoisotopic (exact) mass is 254 g/mol. The van der Waals surface area contributed by atoms with Gasteiger partial charge in [-0.05, 0) is 36.1 Å². The van der Waals surface area contributed by atoms with Crippen molar-refractivity contribution in [3.05, 3.63) is 59.2 Å². The number of anilines is 2. The molecule has 2 aromatic carbocycles. The van der Waals surface area contributed by atoms with Crippen molar-refractivity contribution >= 4 is 11.4 Å². The Labute approximate surface area is 115 Å². The summed E-state index contributed by atoms with van der Waals surface area (Å²) in [6, 6.07) is 15.0. The van der Waals surface area contributed by atoms with Gasteiger partial charge in [0, 0.05) is 13.6 Å². The lowest BCUT2D eigenvalue weighted by Gasteiger charge is -2.22. The first-order chi connectivity index (χ1) is 9.11. The Morgan fingerprint density at radius 2 is 1.63 bits per heavy atom. The van der Waals surface area contributed by atoms with Crippen molar-refractivity contribution in [2.24, 2.45) is 0 Å². The smallest absolute Gasteiger partial charge is 0.0603 e. The molecule has 2 rings (SSSR count). The molecule has 100 valence electrons. The van der Waals surface area contributed by atoms with Gasteiger partial charge in [-0.1, -0.05) is 43.3 Å². The van der Waals surface area contributed by atoms with Gasteiger partial charge in [0.2, 0.25) is 0 Å². The molecule has 0 atom stereocenters. The molecule has 2 aromatic rings. The van der Waals surface area contributed by atoms with Gasteiger partial charge in [-0.25, -0.2) is 0 Å². The number of nitrogens with zero attached hydrogens (tertiary/aromatic N) is 1. The van der Waals surface area contributed by atoms with Crippen LogP contribution in [0.25, 0.3) is 0 Å². The van der Waals surface area contributed by atoms with E-state index in [2.05, 4.69) is 55.3 Å². The Morgan fingerprint density at radius 1 is 1.00 bits per heavy atom. The SMILES string of the molecule is CCc1ccc(CN(C)c2cccc(C)c2N)cc1. The number of para-hydroxylation sites is 1. The highest BCUT2D eigenvalue weighted by atomic mass is 15.1. The van der Waals surface area contributed by atoms with E-state index in [1.54, 1.807) is 0 Å². The fourth-order valence-electron chi connectivity index (χ4n) is 2.24. The van der Waals surface area contributed by atoms with Crippen LogP contribution in [0, 0.1) is 6.92 Å². The molecule has 2 N–H and O–H groups in total. The molecule has 0 bridgehead atoms. The minimum absolute atomic E-state index is 0.871. The third-order valence-electron chi connectivity index (χ3n) is 3.56. The first-order valence-corrected chi connectivity index (χ1v) is 6.76. The summed E-state index contributed by atoms with van der Waals surface area (Å²) in [7, 11) is 2.08. The predicted octanol–water partition coefficient (Wildman–Crippen LogP) is 3.78. The van der Waals surface area contributed by atoms with Crippen LogP contribution in [0.4, 0.5) is 11.4 Å². The highest BCUT2D eigenvalue weighted by molar-refractivity contribution is 5.70. The fraction of sp³-hybridized carbons (Fsp3) is 0.294. The minimum Gasteiger partial charge on any atom is -0.397 e. The van der Waals surface area contributed by atoms with Gasteiger partial charge in [-0.2, -0.15) is 0 Å². The van der Waals surface area contributed by atoms with E-state index in [4.69, 9.17) is 5.73 Å². The van der Waals surface area contributed by atoms with Crippen LogP contribution in [0.1, 0.15) is 23.6 Å². The lowest BCUT2D eigenvalue weighted by molar-refractivity contribution is 0.922. The van der Waals surface area contributed by atoms with Gasteiger partial charge in [0.25, 0.3) is 0 Å². The van der Waals surface area contributed by atoms with Crippen LogP contribution in [-0.2, 0) is 13.0 Å². The molecule has 0 aliphatic heterocycles. The molecule has 2 heteroatoms. The van der Waals surface area contributed by atoms with Crippen LogP contribution in [-0.4, -0.2) is 7.05 Å². The largest absolute Gasteiger partial charge is 0.397 e. The van der Waals surface area contributed by atoms with Crippen LogP contribution < -0.4 is 10.6 Å². The fourth-order valence-corrected chi connectivity index (χ4v) is 2.24. The van der Waals surface area contributed by atoms with E-state index < -0.39 is 0 Å². The van der Waals surface area contributed by atoms with E-state index >= 15 is 0 Å². The lowest BCUT2D eigenvalue weighted by atomic mass is 10.1. The Morgan fingerprint density at radius 3 is 2.26 bits per heavy atom. The summed E-state index contributed by atoms with van der Waals surface area (Å²) in [5.74, 6) is 0.